The number of anilines is 1. The molecule has 0 aliphatic heterocycles. The van der Waals surface area contributed by atoms with Crippen molar-refractivity contribution in [3.05, 3.63) is 23.9 Å². The monoisotopic (exact) mass is 236 g/mol. The summed E-state index contributed by atoms with van der Waals surface area (Å²) < 4.78 is 0. The van der Waals surface area contributed by atoms with Crippen molar-refractivity contribution < 1.29 is 9.90 Å². The number of hydrogen-bond acceptors (Lipinski definition) is 3. The average Bonchev–Trinajstić information content (AvgIpc) is 2.20. The van der Waals surface area contributed by atoms with E-state index in [0.717, 1.165) is 5.56 Å². The van der Waals surface area contributed by atoms with Crippen molar-refractivity contribution in [2.75, 3.05) is 5.32 Å². The fourth-order valence-corrected chi connectivity index (χ4v) is 1.29. The molecule has 0 radical (unpaired) electrons. The van der Waals surface area contributed by atoms with Crippen molar-refractivity contribution in [1.29, 1.82) is 0 Å². The molecule has 4 heteroatoms. The van der Waals surface area contributed by atoms with E-state index in [9.17, 15) is 9.90 Å². The molecule has 0 saturated heterocycles. The van der Waals surface area contributed by atoms with Crippen LogP contribution in [0.25, 0.3) is 0 Å². The molecule has 2 N–H and O–H groups in total. The van der Waals surface area contributed by atoms with Crippen LogP contribution < -0.4 is 5.32 Å². The van der Waals surface area contributed by atoms with E-state index < -0.39 is 16.9 Å². The van der Waals surface area contributed by atoms with Crippen molar-refractivity contribution in [3.63, 3.8) is 0 Å². The van der Waals surface area contributed by atoms with Crippen LogP contribution in [0.4, 0.5) is 5.82 Å². The average molecular weight is 236 g/mol. The van der Waals surface area contributed by atoms with E-state index >= 15 is 0 Å². The molecular formula is C13H20N2O2. The molecule has 4 nitrogen and oxygen atoms in total. The van der Waals surface area contributed by atoms with E-state index in [1.54, 1.807) is 20.0 Å². The van der Waals surface area contributed by atoms with Gasteiger partial charge in [-0.05, 0) is 46.2 Å². The van der Waals surface area contributed by atoms with E-state index in [2.05, 4.69) is 10.3 Å². The molecule has 0 spiro atoms. The lowest BCUT2D eigenvalue weighted by Crippen LogP contribution is -2.50. The molecule has 1 aromatic heterocycles. The quantitative estimate of drug-likeness (QED) is 0.843. The van der Waals surface area contributed by atoms with Crippen LogP contribution in [-0.2, 0) is 4.79 Å². The molecule has 0 saturated carbocycles. The third kappa shape index (κ3) is 2.75. The number of pyridine rings is 1. The highest BCUT2D eigenvalue weighted by Crippen LogP contribution is 2.33. The number of hydrogen-bond donors (Lipinski definition) is 2. The van der Waals surface area contributed by atoms with Crippen molar-refractivity contribution in [3.8, 4) is 0 Å². The Hall–Kier alpha value is -1.58. The van der Waals surface area contributed by atoms with Crippen LogP contribution in [0, 0.1) is 12.3 Å². The third-order valence-electron chi connectivity index (χ3n) is 3.45. The Morgan fingerprint density at radius 2 is 1.88 bits per heavy atom. The van der Waals surface area contributed by atoms with Crippen LogP contribution in [0.2, 0.25) is 0 Å². The van der Waals surface area contributed by atoms with E-state index in [1.807, 2.05) is 32.9 Å². The Morgan fingerprint density at radius 1 is 1.29 bits per heavy atom. The number of carboxylic acid groups (broad SMARTS) is 1. The first-order chi connectivity index (χ1) is 7.67. The largest absolute Gasteiger partial charge is 0.481 e. The SMILES string of the molecule is Cc1ccc(NC(C)(C)C(C)(C)C(=O)O)nc1. The van der Waals surface area contributed by atoms with Crippen LogP contribution in [0.1, 0.15) is 33.3 Å². The predicted octanol–water partition coefficient (Wildman–Crippen LogP) is 2.69. The molecule has 94 valence electrons. The molecule has 17 heavy (non-hydrogen) atoms. The highest BCUT2D eigenvalue weighted by atomic mass is 16.4. The predicted molar refractivity (Wildman–Crippen MR) is 68.1 cm³/mol. The molecule has 1 aromatic rings. The Labute approximate surface area is 102 Å². The standard InChI is InChI=1S/C13H20N2O2/c1-9-6-7-10(14-8-9)15-13(4,5)12(2,3)11(16)17/h6-8H,1-5H3,(H,14,15)(H,16,17). The molecule has 1 rings (SSSR count). The molecule has 0 atom stereocenters. The molecule has 0 unspecified atom stereocenters. The van der Waals surface area contributed by atoms with Crippen molar-refractivity contribution >= 4 is 11.8 Å². The molecule has 0 amide bonds. The van der Waals surface area contributed by atoms with Gasteiger partial charge in [0.2, 0.25) is 0 Å². The lowest BCUT2D eigenvalue weighted by atomic mass is 9.74. The van der Waals surface area contributed by atoms with Gasteiger partial charge in [-0.3, -0.25) is 4.79 Å². The van der Waals surface area contributed by atoms with Crippen molar-refractivity contribution in [2.45, 2.75) is 40.2 Å². The second-order valence-corrected chi connectivity index (χ2v) is 5.40. The first-order valence-corrected chi connectivity index (χ1v) is 5.61. The molecule has 0 bridgehead atoms. The van der Waals surface area contributed by atoms with Gasteiger partial charge in [-0.25, -0.2) is 4.98 Å². The third-order valence-corrected chi connectivity index (χ3v) is 3.45. The number of nitrogens with zero attached hydrogens (tertiary/aromatic N) is 1. The van der Waals surface area contributed by atoms with Gasteiger partial charge in [0.05, 0.1) is 5.41 Å². The van der Waals surface area contributed by atoms with Crippen LogP contribution in [0.3, 0.4) is 0 Å². The van der Waals surface area contributed by atoms with E-state index in [0.29, 0.717) is 5.82 Å². The number of aryl methyl sites for hydroxylation is 1. The zero-order chi connectivity index (χ0) is 13.3. The summed E-state index contributed by atoms with van der Waals surface area (Å²) in [6, 6.07) is 3.80. The van der Waals surface area contributed by atoms with E-state index in [1.165, 1.54) is 0 Å². The van der Waals surface area contributed by atoms with Gasteiger partial charge in [0.15, 0.2) is 0 Å². The maximum absolute atomic E-state index is 11.3. The zero-order valence-corrected chi connectivity index (χ0v) is 11.0. The second-order valence-electron chi connectivity index (χ2n) is 5.40. The van der Waals surface area contributed by atoms with Crippen molar-refractivity contribution in [1.82, 2.24) is 4.98 Å². The summed E-state index contributed by atoms with van der Waals surface area (Å²) in [6.07, 6.45) is 1.76. The van der Waals surface area contributed by atoms with Crippen LogP contribution >= 0.6 is 0 Å². The van der Waals surface area contributed by atoms with Gasteiger partial charge in [-0.1, -0.05) is 6.07 Å². The molecular weight excluding hydrogens is 216 g/mol. The molecule has 1 heterocycles. The number of carboxylic acids is 1. The number of aromatic nitrogens is 1. The minimum Gasteiger partial charge on any atom is -0.481 e. The highest BCUT2D eigenvalue weighted by Gasteiger charge is 2.43. The van der Waals surface area contributed by atoms with Crippen molar-refractivity contribution in [2.24, 2.45) is 5.41 Å². The Kier molecular flexibility index (Phi) is 3.45. The summed E-state index contributed by atoms with van der Waals surface area (Å²) in [4.78, 5) is 15.5. The second kappa shape index (κ2) is 4.35. The maximum Gasteiger partial charge on any atom is 0.311 e. The highest BCUT2D eigenvalue weighted by molar-refractivity contribution is 5.76. The van der Waals surface area contributed by atoms with E-state index in [4.69, 9.17) is 0 Å². The van der Waals surface area contributed by atoms with Gasteiger partial charge in [-0.15, -0.1) is 0 Å². The number of rotatable bonds is 4. The molecule has 0 aliphatic carbocycles. The fraction of sp³-hybridized carbons (Fsp3) is 0.538. The van der Waals surface area contributed by atoms with Gasteiger partial charge in [0.1, 0.15) is 5.82 Å². The summed E-state index contributed by atoms with van der Waals surface area (Å²) in [5, 5.41) is 12.4. The Balaban J connectivity index is 2.93. The Morgan fingerprint density at radius 3 is 2.29 bits per heavy atom. The van der Waals surface area contributed by atoms with Gasteiger partial charge in [0, 0.05) is 11.7 Å². The van der Waals surface area contributed by atoms with E-state index in [-0.39, 0.29) is 0 Å². The minimum absolute atomic E-state index is 0.596. The molecule has 0 aliphatic rings. The van der Waals surface area contributed by atoms with Gasteiger partial charge >= 0.3 is 5.97 Å². The molecule has 0 fully saturated rings. The topological polar surface area (TPSA) is 62.2 Å². The van der Waals surface area contributed by atoms with Gasteiger partial charge in [-0.2, -0.15) is 0 Å². The zero-order valence-electron chi connectivity index (χ0n) is 11.0. The fourth-order valence-electron chi connectivity index (χ4n) is 1.29. The van der Waals surface area contributed by atoms with Gasteiger partial charge in [0.25, 0.3) is 0 Å². The first kappa shape index (κ1) is 13.5. The summed E-state index contributed by atoms with van der Waals surface area (Å²) in [7, 11) is 0. The number of carbonyl (C=O) groups is 1. The smallest absolute Gasteiger partial charge is 0.311 e. The first-order valence-electron chi connectivity index (χ1n) is 5.61. The van der Waals surface area contributed by atoms with Crippen LogP contribution in [-0.4, -0.2) is 21.6 Å². The van der Waals surface area contributed by atoms with Crippen LogP contribution in [0.15, 0.2) is 18.3 Å². The minimum atomic E-state index is -0.889. The summed E-state index contributed by atoms with van der Waals surface area (Å²) in [5.41, 5.74) is -0.411. The number of aliphatic carboxylic acids is 1. The summed E-state index contributed by atoms with van der Waals surface area (Å²) >= 11 is 0. The lowest BCUT2D eigenvalue weighted by molar-refractivity contribution is -0.149. The lowest BCUT2D eigenvalue weighted by Gasteiger charge is -2.39. The molecule has 0 aromatic carbocycles. The number of nitrogens with one attached hydrogen (secondary N) is 1. The summed E-state index contributed by atoms with van der Waals surface area (Å²) in [6.45, 7) is 9.10. The normalized spacial score (nSPS) is 12.3. The van der Waals surface area contributed by atoms with Crippen LogP contribution in [0.5, 0.6) is 0 Å². The maximum atomic E-state index is 11.3. The Bertz CT molecular complexity index is 408. The van der Waals surface area contributed by atoms with Gasteiger partial charge < -0.3 is 10.4 Å². The summed E-state index contributed by atoms with van der Waals surface area (Å²) in [5.74, 6) is -0.142.